The first-order chi connectivity index (χ1) is 9.31. The van der Waals surface area contributed by atoms with Crippen LogP contribution in [0.1, 0.15) is 44.1 Å². The van der Waals surface area contributed by atoms with Gasteiger partial charge in [0.15, 0.2) is 0 Å². The van der Waals surface area contributed by atoms with Crippen LogP contribution in [-0.4, -0.2) is 12.6 Å². The molecule has 1 aromatic carbocycles. The highest BCUT2D eigenvalue weighted by Gasteiger charge is 2.34. The van der Waals surface area contributed by atoms with Crippen molar-refractivity contribution in [2.45, 2.75) is 51.1 Å². The Bertz CT molecular complexity index is 444. The van der Waals surface area contributed by atoms with Crippen LogP contribution in [0.3, 0.4) is 0 Å². The molecule has 0 radical (unpaired) electrons. The van der Waals surface area contributed by atoms with Gasteiger partial charge in [0.2, 0.25) is 0 Å². The third-order valence-corrected chi connectivity index (χ3v) is 4.82. The summed E-state index contributed by atoms with van der Waals surface area (Å²) in [7, 11) is 0. The molecule has 19 heavy (non-hydrogen) atoms. The Morgan fingerprint density at radius 3 is 2.79 bits per heavy atom. The summed E-state index contributed by atoms with van der Waals surface area (Å²) in [6.45, 7) is 1.40. The molecule has 2 aliphatic rings. The number of piperidine rings is 1. The van der Waals surface area contributed by atoms with Crippen molar-refractivity contribution >= 4 is 5.69 Å². The second-order valence-electron chi connectivity index (χ2n) is 5.90. The minimum atomic E-state index is -0.103. The van der Waals surface area contributed by atoms with E-state index in [4.69, 9.17) is 5.73 Å². The van der Waals surface area contributed by atoms with Gasteiger partial charge >= 0.3 is 0 Å². The summed E-state index contributed by atoms with van der Waals surface area (Å²) in [6, 6.07) is 5.83. The number of fused-ring (bicyclic) bond motifs is 1. The summed E-state index contributed by atoms with van der Waals surface area (Å²) in [4.78, 5) is 2.32. The maximum Gasteiger partial charge on any atom is 0.146 e. The smallest absolute Gasteiger partial charge is 0.146 e. The van der Waals surface area contributed by atoms with Crippen molar-refractivity contribution in [3.63, 3.8) is 0 Å². The Labute approximate surface area is 114 Å². The van der Waals surface area contributed by atoms with Gasteiger partial charge in [0.05, 0.1) is 5.69 Å². The fraction of sp³-hybridized carbons (Fsp3) is 0.625. The first-order valence-corrected chi connectivity index (χ1v) is 7.55. The van der Waals surface area contributed by atoms with Gasteiger partial charge in [0, 0.05) is 19.1 Å². The predicted molar refractivity (Wildman–Crippen MR) is 76.6 cm³/mol. The van der Waals surface area contributed by atoms with Crippen LogP contribution in [0.25, 0.3) is 0 Å². The van der Waals surface area contributed by atoms with Gasteiger partial charge in [-0.1, -0.05) is 25.0 Å². The molecule has 1 saturated heterocycles. The van der Waals surface area contributed by atoms with Crippen LogP contribution in [0.2, 0.25) is 0 Å². The highest BCUT2D eigenvalue weighted by atomic mass is 19.1. The van der Waals surface area contributed by atoms with Crippen LogP contribution < -0.4 is 10.6 Å². The van der Waals surface area contributed by atoms with E-state index in [1.54, 1.807) is 12.1 Å². The summed E-state index contributed by atoms with van der Waals surface area (Å²) in [5, 5.41) is 0. The zero-order valence-corrected chi connectivity index (χ0v) is 11.4. The molecular formula is C16H23FN2. The molecule has 0 spiro atoms. The molecule has 1 aromatic rings. The Kier molecular flexibility index (Phi) is 3.74. The molecule has 1 saturated carbocycles. The summed E-state index contributed by atoms with van der Waals surface area (Å²) in [5.41, 5.74) is 7.53. The van der Waals surface area contributed by atoms with Gasteiger partial charge in [-0.05, 0) is 43.2 Å². The van der Waals surface area contributed by atoms with Gasteiger partial charge < -0.3 is 10.6 Å². The molecule has 2 atom stereocenters. The average Bonchev–Trinajstić information content (AvgIpc) is 2.46. The number of rotatable bonds is 2. The van der Waals surface area contributed by atoms with Gasteiger partial charge in [0.1, 0.15) is 5.82 Å². The standard InChI is InChI=1S/C16H23FN2/c17-14-8-3-6-13(11-18)16(14)19-10-4-7-12-5-1-2-9-15(12)19/h3,6,8,12,15H,1-2,4-5,7,9-11,18H2/t12-,15-/m1/s1. The molecule has 0 amide bonds. The van der Waals surface area contributed by atoms with E-state index >= 15 is 0 Å². The van der Waals surface area contributed by atoms with Crippen molar-refractivity contribution in [2.24, 2.45) is 11.7 Å². The average molecular weight is 262 g/mol. The first kappa shape index (κ1) is 12.9. The van der Waals surface area contributed by atoms with Gasteiger partial charge in [0.25, 0.3) is 0 Å². The third-order valence-electron chi connectivity index (χ3n) is 4.82. The van der Waals surface area contributed by atoms with Gasteiger partial charge in [-0.2, -0.15) is 0 Å². The molecule has 3 rings (SSSR count). The molecule has 1 aliphatic heterocycles. The highest BCUT2D eigenvalue weighted by Crippen LogP contribution is 2.39. The molecule has 0 aromatic heterocycles. The topological polar surface area (TPSA) is 29.3 Å². The predicted octanol–water partition coefficient (Wildman–Crippen LogP) is 3.44. The third kappa shape index (κ3) is 2.36. The molecule has 3 heteroatoms. The molecule has 0 unspecified atom stereocenters. The number of nitrogens with zero attached hydrogens (tertiary/aromatic N) is 1. The Morgan fingerprint density at radius 1 is 1.16 bits per heavy atom. The van der Waals surface area contributed by atoms with Crippen LogP contribution in [0.5, 0.6) is 0 Å². The summed E-state index contributed by atoms with van der Waals surface area (Å²) < 4.78 is 14.3. The normalized spacial score (nSPS) is 27.2. The van der Waals surface area contributed by atoms with Crippen LogP contribution in [0.4, 0.5) is 10.1 Å². The molecule has 2 N–H and O–H groups in total. The van der Waals surface area contributed by atoms with E-state index in [0.29, 0.717) is 12.6 Å². The monoisotopic (exact) mass is 262 g/mol. The summed E-state index contributed by atoms with van der Waals surface area (Å²) >= 11 is 0. The minimum Gasteiger partial charge on any atom is -0.366 e. The summed E-state index contributed by atoms with van der Waals surface area (Å²) in [6.07, 6.45) is 7.64. The molecule has 1 heterocycles. The maximum absolute atomic E-state index is 14.3. The van der Waals surface area contributed by atoms with Crippen LogP contribution in [-0.2, 0) is 6.54 Å². The van der Waals surface area contributed by atoms with Crippen molar-refractivity contribution in [1.82, 2.24) is 0 Å². The van der Waals surface area contributed by atoms with E-state index in [9.17, 15) is 4.39 Å². The SMILES string of the molecule is NCc1cccc(F)c1N1CCC[C@H]2CCCC[C@H]21. The number of para-hydroxylation sites is 1. The molecule has 1 aliphatic carbocycles. The van der Waals surface area contributed by atoms with Crippen molar-refractivity contribution < 1.29 is 4.39 Å². The van der Waals surface area contributed by atoms with E-state index in [1.807, 2.05) is 6.07 Å². The Balaban J connectivity index is 1.96. The molecular weight excluding hydrogens is 239 g/mol. The van der Waals surface area contributed by atoms with E-state index < -0.39 is 0 Å². The quantitative estimate of drug-likeness (QED) is 0.884. The number of benzene rings is 1. The van der Waals surface area contributed by atoms with Crippen molar-refractivity contribution in [1.29, 1.82) is 0 Å². The second kappa shape index (κ2) is 5.49. The van der Waals surface area contributed by atoms with E-state index in [1.165, 1.54) is 38.5 Å². The fourth-order valence-electron chi connectivity index (χ4n) is 3.95. The molecule has 104 valence electrons. The van der Waals surface area contributed by atoms with Crippen molar-refractivity contribution in [3.05, 3.63) is 29.6 Å². The van der Waals surface area contributed by atoms with E-state index in [0.717, 1.165) is 23.7 Å². The second-order valence-corrected chi connectivity index (χ2v) is 5.90. The van der Waals surface area contributed by atoms with Gasteiger partial charge in [-0.3, -0.25) is 0 Å². The van der Waals surface area contributed by atoms with E-state index in [-0.39, 0.29) is 5.82 Å². The summed E-state index contributed by atoms with van der Waals surface area (Å²) in [5.74, 6) is 0.655. The zero-order chi connectivity index (χ0) is 13.2. The fourth-order valence-corrected chi connectivity index (χ4v) is 3.95. The zero-order valence-electron chi connectivity index (χ0n) is 11.4. The number of nitrogens with two attached hydrogens (primary N) is 1. The lowest BCUT2D eigenvalue weighted by atomic mass is 9.78. The number of hydrogen-bond acceptors (Lipinski definition) is 2. The molecule has 2 nitrogen and oxygen atoms in total. The van der Waals surface area contributed by atoms with Gasteiger partial charge in [-0.25, -0.2) is 4.39 Å². The largest absolute Gasteiger partial charge is 0.366 e. The molecule has 0 bridgehead atoms. The lowest BCUT2D eigenvalue weighted by Crippen LogP contribution is -2.47. The lowest BCUT2D eigenvalue weighted by Gasteiger charge is -2.46. The number of hydrogen-bond donors (Lipinski definition) is 1. The highest BCUT2D eigenvalue weighted by molar-refractivity contribution is 5.56. The maximum atomic E-state index is 14.3. The Morgan fingerprint density at radius 2 is 1.95 bits per heavy atom. The lowest BCUT2D eigenvalue weighted by molar-refractivity contribution is 0.242. The van der Waals surface area contributed by atoms with Crippen LogP contribution >= 0.6 is 0 Å². The van der Waals surface area contributed by atoms with Crippen LogP contribution in [0, 0.1) is 11.7 Å². The van der Waals surface area contributed by atoms with Crippen molar-refractivity contribution in [3.8, 4) is 0 Å². The molecule has 2 fully saturated rings. The van der Waals surface area contributed by atoms with E-state index in [2.05, 4.69) is 4.90 Å². The number of anilines is 1. The number of halogens is 1. The van der Waals surface area contributed by atoms with Gasteiger partial charge in [-0.15, -0.1) is 0 Å². The van der Waals surface area contributed by atoms with Crippen LogP contribution in [0.15, 0.2) is 18.2 Å². The van der Waals surface area contributed by atoms with Crippen molar-refractivity contribution in [2.75, 3.05) is 11.4 Å². The Hall–Kier alpha value is -1.09. The first-order valence-electron chi connectivity index (χ1n) is 7.55. The minimum absolute atomic E-state index is 0.103.